The molecule has 0 aliphatic carbocycles. The van der Waals surface area contributed by atoms with E-state index < -0.39 is 0 Å². The van der Waals surface area contributed by atoms with Crippen molar-refractivity contribution in [3.05, 3.63) is 29.8 Å². The summed E-state index contributed by atoms with van der Waals surface area (Å²) in [5.41, 5.74) is 1.14. The number of nitrogens with one attached hydrogen (secondary N) is 1. The average molecular weight is 359 g/mol. The lowest BCUT2D eigenvalue weighted by Gasteiger charge is -2.41. The number of hydrogen-bond donors (Lipinski definition) is 1. The standard InChI is InChI=1S/C20H29N3O3/c1-15(16-5-7-18(26-2)8-6-16)12-19(24)22-10-3-4-17(14-22)23-11-9-21-13-20(23)25/h5-8,15,17,21H,3-4,9-14H2,1-2H3. The van der Waals surface area contributed by atoms with Gasteiger partial charge in [0.15, 0.2) is 0 Å². The van der Waals surface area contributed by atoms with Crippen LogP contribution in [-0.2, 0) is 9.59 Å². The van der Waals surface area contributed by atoms with Crippen molar-refractivity contribution in [3.63, 3.8) is 0 Å². The van der Waals surface area contributed by atoms with E-state index in [0.717, 1.165) is 43.8 Å². The molecule has 2 aliphatic heterocycles. The molecule has 2 saturated heterocycles. The zero-order valence-electron chi connectivity index (χ0n) is 15.7. The van der Waals surface area contributed by atoms with Crippen LogP contribution in [0.25, 0.3) is 0 Å². The Balaban J connectivity index is 1.57. The summed E-state index contributed by atoms with van der Waals surface area (Å²) in [6, 6.07) is 8.08. The van der Waals surface area contributed by atoms with Crippen molar-refractivity contribution in [1.82, 2.24) is 15.1 Å². The van der Waals surface area contributed by atoms with Gasteiger partial charge in [-0.15, -0.1) is 0 Å². The lowest BCUT2D eigenvalue weighted by Crippen LogP contribution is -2.57. The Morgan fingerprint density at radius 1 is 1.31 bits per heavy atom. The van der Waals surface area contributed by atoms with Crippen molar-refractivity contribution >= 4 is 11.8 Å². The predicted octanol–water partition coefficient (Wildman–Crippen LogP) is 1.61. The molecule has 0 saturated carbocycles. The quantitative estimate of drug-likeness (QED) is 0.868. The summed E-state index contributed by atoms with van der Waals surface area (Å²) in [6.45, 7) is 5.54. The van der Waals surface area contributed by atoms with Gasteiger partial charge in [0.05, 0.1) is 13.7 Å². The van der Waals surface area contributed by atoms with Gasteiger partial charge in [-0.3, -0.25) is 9.59 Å². The number of rotatable bonds is 5. The number of likely N-dealkylation sites (tertiary alicyclic amines) is 1. The highest BCUT2D eigenvalue weighted by atomic mass is 16.5. The molecule has 0 radical (unpaired) electrons. The molecule has 2 amide bonds. The van der Waals surface area contributed by atoms with E-state index in [2.05, 4.69) is 12.2 Å². The highest BCUT2D eigenvalue weighted by Gasteiger charge is 2.31. The molecule has 2 unspecified atom stereocenters. The Bertz CT molecular complexity index is 632. The molecule has 6 nitrogen and oxygen atoms in total. The van der Waals surface area contributed by atoms with Crippen molar-refractivity contribution in [2.45, 2.75) is 38.1 Å². The van der Waals surface area contributed by atoms with E-state index in [1.807, 2.05) is 34.1 Å². The maximum atomic E-state index is 12.8. The number of carbonyl (C=O) groups excluding carboxylic acids is 2. The van der Waals surface area contributed by atoms with Gasteiger partial charge in [0, 0.05) is 38.6 Å². The first-order chi connectivity index (χ1) is 12.6. The van der Waals surface area contributed by atoms with Crippen LogP contribution in [0.4, 0.5) is 0 Å². The Kier molecular flexibility index (Phi) is 6.14. The molecule has 3 rings (SSSR count). The number of methoxy groups -OCH3 is 1. The van der Waals surface area contributed by atoms with Crippen LogP contribution in [0.5, 0.6) is 5.75 Å². The first-order valence-electron chi connectivity index (χ1n) is 9.50. The van der Waals surface area contributed by atoms with Crippen LogP contribution in [0.15, 0.2) is 24.3 Å². The van der Waals surface area contributed by atoms with Crippen molar-refractivity contribution in [3.8, 4) is 5.75 Å². The summed E-state index contributed by atoms with van der Waals surface area (Å²) >= 11 is 0. The van der Waals surface area contributed by atoms with Crippen molar-refractivity contribution < 1.29 is 14.3 Å². The van der Waals surface area contributed by atoms with E-state index in [1.54, 1.807) is 7.11 Å². The Labute approximate surface area is 155 Å². The van der Waals surface area contributed by atoms with E-state index >= 15 is 0 Å². The normalized spacial score (nSPS) is 22.2. The molecule has 0 bridgehead atoms. The lowest BCUT2D eigenvalue weighted by molar-refractivity contribution is -0.140. The van der Waals surface area contributed by atoms with Gasteiger partial charge < -0.3 is 19.9 Å². The molecule has 2 atom stereocenters. The van der Waals surface area contributed by atoms with Crippen LogP contribution in [0, 0.1) is 0 Å². The fraction of sp³-hybridized carbons (Fsp3) is 0.600. The van der Waals surface area contributed by atoms with Gasteiger partial charge in [-0.1, -0.05) is 19.1 Å². The smallest absolute Gasteiger partial charge is 0.236 e. The zero-order chi connectivity index (χ0) is 18.5. The van der Waals surface area contributed by atoms with Crippen LogP contribution in [0.1, 0.15) is 37.7 Å². The number of piperidine rings is 1. The maximum Gasteiger partial charge on any atom is 0.236 e. The van der Waals surface area contributed by atoms with Gasteiger partial charge in [0.25, 0.3) is 0 Å². The summed E-state index contributed by atoms with van der Waals surface area (Å²) in [6.07, 6.45) is 2.45. The van der Waals surface area contributed by atoms with Crippen molar-refractivity contribution in [2.24, 2.45) is 0 Å². The van der Waals surface area contributed by atoms with E-state index in [-0.39, 0.29) is 23.8 Å². The second-order valence-corrected chi connectivity index (χ2v) is 7.28. The fourth-order valence-electron chi connectivity index (χ4n) is 3.88. The monoisotopic (exact) mass is 359 g/mol. The highest BCUT2D eigenvalue weighted by molar-refractivity contribution is 5.80. The molecule has 1 aromatic rings. The van der Waals surface area contributed by atoms with Crippen LogP contribution in [0.3, 0.4) is 0 Å². The molecule has 2 aliphatic rings. The maximum absolute atomic E-state index is 12.8. The third kappa shape index (κ3) is 4.36. The molecule has 2 heterocycles. The van der Waals surface area contributed by atoms with Crippen LogP contribution in [-0.4, -0.2) is 67.5 Å². The van der Waals surface area contributed by atoms with E-state index in [9.17, 15) is 9.59 Å². The largest absolute Gasteiger partial charge is 0.497 e. The van der Waals surface area contributed by atoms with Gasteiger partial charge in [-0.05, 0) is 36.5 Å². The average Bonchev–Trinajstić information content (AvgIpc) is 2.68. The number of carbonyl (C=O) groups is 2. The Morgan fingerprint density at radius 2 is 2.08 bits per heavy atom. The van der Waals surface area contributed by atoms with E-state index in [1.165, 1.54) is 0 Å². The second kappa shape index (κ2) is 8.54. The van der Waals surface area contributed by atoms with Crippen LogP contribution in [0.2, 0.25) is 0 Å². The number of hydrogen-bond acceptors (Lipinski definition) is 4. The molecule has 26 heavy (non-hydrogen) atoms. The molecule has 142 valence electrons. The first kappa shape index (κ1) is 18.7. The molecular weight excluding hydrogens is 330 g/mol. The molecule has 6 heteroatoms. The minimum Gasteiger partial charge on any atom is -0.497 e. The Hall–Kier alpha value is -2.08. The number of piperazine rings is 1. The van der Waals surface area contributed by atoms with Gasteiger partial charge in [-0.2, -0.15) is 0 Å². The number of amides is 2. The van der Waals surface area contributed by atoms with Crippen LogP contribution >= 0.6 is 0 Å². The predicted molar refractivity (Wildman–Crippen MR) is 100 cm³/mol. The number of ether oxygens (including phenoxy) is 1. The minimum atomic E-state index is 0.155. The second-order valence-electron chi connectivity index (χ2n) is 7.28. The molecule has 1 aromatic carbocycles. The summed E-state index contributed by atoms with van der Waals surface area (Å²) in [4.78, 5) is 28.8. The molecule has 2 fully saturated rings. The van der Waals surface area contributed by atoms with Crippen molar-refractivity contribution in [1.29, 1.82) is 0 Å². The topological polar surface area (TPSA) is 61.9 Å². The van der Waals surface area contributed by atoms with Crippen molar-refractivity contribution in [2.75, 3.05) is 39.8 Å². The minimum absolute atomic E-state index is 0.155. The number of benzene rings is 1. The number of nitrogens with zero attached hydrogens (tertiary/aromatic N) is 2. The summed E-state index contributed by atoms with van der Waals surface area (Å²) in [5.74, 6) is 1.32. The molecule has 0 spiro atoms. The van der Waals surface area contributed by atoms with Gasteiger partial charge >= 0.3 is 0 Å². The third-order valence-electron chi connectivity index (χ3n) is 5.48. The summed E-state index contributed by atoms with van der Waals surface area (Å²) in [5, 5.41) is 3.11. The SMILES string of the molecule is COc1ccc(C(C)CC(=O)N2CCCC(N3CCNCC3=O)C2)cc1. The van der Waals surface area contributed by atoms with E-state index in [0.29, 0.717) is 19.5 Å². The summed E-state index contributed by atoms with van der Waals surface area (Å²) < 4.78 is 5.19. The fourth-order valence-corrected chi connectivity index (χ4v) is 3.88. The first-order valence-corrected chi connectivity index (χ1v) is 9.50. The van der Waals surface area contributed by atoms with Crippen LogP contribution < -0.4 is 10.1 Å². The third-order valence-corrected chi connectivity index (χ3v) is 5.48. The molecule has 1 N–H and O–H groups in total. The molecular formula is C20H29N3O3. The molecule has 0 aromatic heterocycles. The lowest BCUT2D eigenvalue weighted by atomic mass is 9.96. The highest BCUT2D eigenvalue weighted by Crippen LogP contribution is 2.24. The Morgan fingerprint density at radius 3 is 2.77 bits per heavy atom. The zero-order valence-corrected chi connectivity index (χ0v) is 15.7. The van der Waals surface area contributed by atoms with E-state index in [4.69, 9.17) is 4.74 Å². The summed E-state index contributed by atoms with van der Waals surface area (Å²) in [7, 11) is 1.65. The van der Waals surface area contributed by atoms with Gasteiger partial charge in [0.1, 0.15) is 5.75 Å². The van der Waals surface area contributed by atoms with Gasteiger partial charge in [0.2, 0.25) is 11.8 Å². The van der Waals surface area contributed by atoms with Gasteiger partial charge in [-0.25, -0.2) is 0 Å².